The van der Waals surface area contributed by atoms with Crippen molar-refractivity contribution in [1.82, 2.24) is 5.32 Å². The van der Waals surface area contributed by atoms with Crippen LogP contribution in [0.1, 0.15) is 24.2 Å². The number of alkyl halides is 1. The lowest BCUT2D eigenvalue weighted by Gasteiger charge is -2.14. The van der Waals surface area contributed by atoms with Crippen LogP contribution in [0.4, 0.5) is 0 Å². The van der Waals surface area contributed by atoms with E-state index in [1.54, 1.807) is 25.3 Å². The first-order valence-electron chi connectivity index (χ1n) is 6.13. The quantitative estimate of drug-likeness (QED) is 0.818. The Bertz CT molecular complexity index is 435. The van der Waals surface area contributed by atoms with Gasteiger partial charge in [0.15, 0.2) is 11.5 Å². The third kappa shape index (κ3) is 4.31. The number of carbonyl (C=O) groups excluding carboxylic acids is 1. The van der Waals surface area contributed by atoms with Crippen LogP contribution >= 0.6 is 11.6 Å². The summed E-state index contributed by atoms with van der Waals surface area (Å²) in [5, 5.41) is 2.72. The average Bonchev–Trinajstić information content (AvgIpc) is 2.43. The van der Waals surface area contributed by atoms with Crippen LogP contribution in [0, 0.1) is 5.92 Å². The van der Waals surface area contributed by atoms with E-state index in [1.165, 1.54) is 7.11 Å². The Kier molecular flexibility index (Phi) is 5.96. The first-order chi connectivity index (χ1) is 8.99. The second kappa shape index (κ2) is 7.24. The van der Waals surface area contributed by atoms with E-state index in [1.807, 2.05) is 13.8 Å². The van der Waals surface area contributed by atoms with E-state index in [-0.39, 0.29) is 11.3 Å². The molecule has 1 N–H and O–H groups in total. The molecule has 0 spiro atoms. The Morgan fingerprint density at radius 1 is 1.26 bits per heavy atom. The van der Waals surface area contributed by atoms with Gasteiger partial charge < -0.3 is 14.8 Å². The number of amides is 1. The molecule has 19 heavy (non-hydrogen) atoms. The van der Waals surface area contributed by atoms with Crippen molar-refractivity contribution in [3.63, 3.8) is 0 Å². The van der Waals surface area contributed by atoms with Crippen molar-refractivity contribution in [2.24, 2.45) is 5.92 Å². The molecular formula is C14H20ClNO3. The second-order valence-corrected chi connectivity index (χ2v) is 5.10. The number of halogens is 1. The van der Waals surface area contributed by atoms with Crippen LogP contribution in [-0.4, -0.2) is 32.0 Å². The molecule has 0 heterocycles. The zero-order valence-corrected chi connectivity index (χ0v) is 12.5. The first-order valence-corrected chi connectivity index (χ1v) is 6.57. The summed E-state index contributed by atoms with van der Waals surface area (Å²) in [7, 11) is 3.09. The van der Waals surface area contributed by atoms with Gasteiger partial charge in [-0.2, -0.15) is 0 Å². The number of carbonyl (C=O) groups is 1. The maximum absolute atomic E-state index is 12.0. The smallest absolute Gasteiger partial charge is 0.251 e. The standard InChI is InChI=1S/C14H20ClNO3/c1-9(2)11(15)8-16-14(17)10-5-6-12(18-3)13(7-10)19-4/h5-7,9,11H,8H2,1-4H3,(H,16,17). The monoisotopic (exact) mass is 285 g/mol. The van der Waals surface area contributed by atoms with E-state index in [2.05, 4.69) is 5.32 Å². The number of ether oxygens (including phenoxy) is 2. The van der Waals surface area contributed by atoms with Gasteiger partial charge in [0.25, 0.3) is 5.91 Å². The van der Waals surface area contributed by atoms with Gasteiger partial charge in [-0.1, -0.05) is 13.8 Å². The maximum atomic E-state index is 12.0. The third-order valence-corrected chi connectivity index (χ3v) is 3.48. The molecule has 1 aromatic rings. The van der Waals surface area contributed by atoms with Crippen molar-refractivity contribution in [1.29, 1.82) is 0 Å². The molecule has 0 radical (unpaired) electrons. The SMILES string of the molecule is COc1ccc(C(=O)NCC(Cl)C(C)C)cc1OC. The van der Waals surface area contributed by atoms with Crippen molar-refractivity contribution < 1.29 is 14.3 Å². The molecule has 0 aliphatic heterocycles. The molecule has 1 amide bonds. The zero-order valence-electron chi connectivity index (χ0n) is 11.7. The van der Waals surface area contributed by atoms with E-state index in [0.29, 0.717) is 29.5 Å². The summed E-state index contributed by atoms with van der Waals surface area (Å²) in [5.41, 5.74) is 0.519. The molecule has 4 nitrogen and oxygen atoms in total. The van der Waals surface area contributed by atoms with E-state index in [4.69, 9.17) is 21.1 Å². The highest BCUT2D eigenvalue weighted by Gasteiger charge is 2.14. The molecule has 0 aliphatic rings. The van der Waals surface area contributed by atoms with Gasteiger partial charge in [0, 0.05) is 12.1 Å². The fraction of sp³-hybridized carbons (Fsp3) is 0.500. The number of nitrogens with one attached hydrogen (secondary N) is 1. The van der Waals surface area contributed by atoms with E-state index >= 15 is 0 Å². The fourth-order valence-corrected chi connectivity index (χ4v) is 1.58. The summed E-state index contributed by atoms with van der Waals surface area (Å²) in [5.74, 6) is 1.26. The predicted octanol–water partition coefficient (Wildman–Crippen LogP) is 2.70. The van der Waals surface area contributed by atoms with Crippen molar-refractivity contribution in [3.05, 3.63) is 23.8 Å². The van der Waals surface area contributed by atoms with Gasteiger partial charge in [0.1, 0.15) is 0 Å². The zero-order chi connectivity index (χ0) is 14.4. The van der Waals surface area contributed by atoms with Crippen LogP contribution in [-0.2, 0) is 0 Å². The highest BCUT2D eigenvalue weighted by molar-refractivity contribution is 6.21. The first kappa shape index (κ1) is 15.6. The van der Waals surface area contributed by atoms with Gasteiger partial charge in [-0.3, -0.25) is 4.79 Å². The van der Waals surface area contributed by atoms with E-state index in [9.17, 15) is 4.79 Å². The third-order valence-electron chi connectivity index (χ3n) is 2.83. The van der Waals surface area contributed by atoms with Crippen LogP contribution in [0.2, 0.25) is 0 Å². The van der Waals surface area contributed by atoms with Crippen LogP contribution in [0.3, 0.4) is 0 Å². The van der Waals surface area contributed by atoms with Gasteiger partial charge in [-0.05, 0) is 24.1 Å². The van der Waals surface area contributed by atoms with E-state index < -0.39 is 0 Å². The number of hydrogen-bond acceptors (Lipinski definition) is 3. The maximum Gasteiger partial charge on any atom is 0.251 e. The minimum absolute atomic E-state index is 0.0795. The van der Waals surface area contributed by atoms with Crippen LogP contribution in [0.5, 0.6) is 11.5 Å². The lowest BCUT2D eigenvalue weighted by Crippen LogP contribution is -2.31. The molecule has 106 valence electrons. The van der Waals surface area contributed by atoms with E-state index in [0.717, 1.165) is 0 Å². The largest absolute Gasteiger partial charge is 0.493 e. The predicted molar refractivity (Wildman–Crippen MR) is 76.4 cm³/mol. The van der Waals surface area contributed by atoms with Gasteiger partial charge in [-0.25, -0.2) is 0 Å². The normalized spacial score (nSPS) is 12.1. The minimum Gasteiger partial charge on any atom is -0.493 e. The summed E-state index contributed by atoms with van der Waals surface area (Å²) in [6.07, 6.45) is 0. The summed E-state index contributed by atoms with van der Waals surface area (Å²) in [4.78, 5) is 12.0. The Labute approximate surface area is 119 Å². The van der Waals surface area contributed by atoms with Crippen molar-refractivity contribution in [2.75, 3.05) is 20.8 Å². The van der Waals surface area contributed by atoms with Crippen molar-refractivity contribution in [3.8, 4) is 11.5 Å². The topological polar surface area (TPSA) is 47.6 Å². The highest BCUT2D eigenvalue weighted by atomic mass is 35.5. The summed E-state index contributed by atoms with van der Waals surface area (Å²) in [6, 6.07) is 5.04. The molecule has 0 saturated heterocycles. The summed E-state index contributed by atoms with van der Waals surface area (Å²) >= 11 is 6.09. The van der Waals surface area contributed by atoms with Crippen LogP contribution < -0.4 is 14.8 Å². The minimum atomic E-state index is -0.174. The summed E-state index contributed by atoms with van der Waals surface area (Å²) in [6.45, 7) is 4.47. The molecule has 5 heteroatoms. The van der Waals surface area contributed by atoms with Crippen LogP contribution in [0.25, 0.3) is 0 Å². The number of hydrogen-bond donors (Lipinski definition) is 1. The number of benzene rings is 1. The Balaban J connectivity index is 2.72. The van der Waals surface area contributed by atoms with Gasteiger partial charge >= 0.3 is 0 Å². The molecule has 0 aliphatic carbocycles. The van der Waals surface area contributed by atoms with Gasteiger partial charge in [-0.15, -0.1) is 11.6 Å². The molecule has 0 fully saturated rings. The fourth-order valence-electron chi connectivity index (χ4n) is 1.51. The Morgan fingerprint density at radius 3 is 2.42 bits per heavy atom. The van der Waals surface area contributed by atoms with Gasteiger partial charge in [0.2, 0.25) is 0 Å². The molecule has 1 rings (SSSR count). The van der Waals surface area contributed by atoms with Crippen LogP contribution in [0.15, 0.2) is 18.2 Å². The Morgan fingerprint density at radius 2 is 1.89 bits per heavy atom. The molecule has 1 atom stereocenters. The number of methoxy groups -OCH3 is 2. The molecule has 0 bridgehead atoms. The second-order valence-electron chi connectivity index (χ2n) is 4.54. The highest BCUT2D eigenvalue weighted by Crippen LogP contribution is 2.27. The summed E-state index contributed by atoms with van der Waals surface area (Å²) < 4.78 is 10.3. The lowest BCUT2D eigenvalue weighted by molar-refractivity contribution is 0.0952. The van der Waals surface area contributed by atoms with Gasteiger partial charge in [0.05, 0.1) is 19.6 Å². The molecule has 1 aromatic carbocycles. The molecule has 0 aromatic heterocycles. The average molecular weight is 286 g/mol. The van der Waals surface area contributed by atoms with Crippen molar-refractivity contribution in [2.45, 2.75) is 19.2 Å². The number of rotatable bonds is 6. The van der Waals surface area contributed by atoms with Crippen molar-refractivity contribution >= 4 is 17.5 Å². The lowest BCUT2D eigenvalue weighted by atomic mass is 10.1. The molecular weight excluding hydrogens is 266 g/mol. The molecule has 1 unspecified atom stereocenters. The Hall–Kier alpha value is -1.42. The molecule has 0 saturated carbocycles.